The Morgan fingerprint density at radius 3 is 2.48 bits per heavy atom. The summed E-state index contributed by atoms with van der Waals surface area (Å²) in [5.41, 5.74) is 2.97. The SMILES string of the molecule is COc1cc2c(cc1OC)C(c1ccc([N+](=O)[O-])cc1)=Nn1nnnc1C2. The molecule has 1 aliphatic heterocycles. The second-order valence-electron chi connectivity index (χ2n) is 5.78. The summed E-state index contributed by atoms with van der Waals surface area (Å²) in [6.07, 6.45) is 0.447. The molecule has 0 fully saturated rings. The van der Waals surface area contributed by atoms with Crippen molar-refractivity contribution in [1.82, 2.24) is 20.3 Å². The molecule has 0 spiro atoms. The number of aromatic nitrogens is 4. The Morgan fingerprint density at radius 1 is 1.11 bits per heavy atom. The van der Waals surface area contributed by atoms with Crippen molar-refractivity contribution in [3.05, 3.63) is 69.0 Å². The predicted molar refractivity (Wildman–Crippen MR) is 94.3 cm³/mol. The van der Waals surface area contributed by atoms with Gasteiger partial charge in [-0.15, -0.1) is 15.0 Å². The van der Waals surface area contributed by atoms with Gasteiger partial charge in [0.15, 0.2) is 17.3 Å². The van der Waals surface area contributed by atoms with Crippen LogP contribution in [0.3, 0.4) is 0 Å². The summed E-state index contributed by atoms with van der Waals surface area (Å²) in [7, 11) is 3.12. The molecule has 10 nitrogen and oxygen atoms in total. The minimum absolute atomic E-state index is 0.00335. The third-order valence-corrected chi connectivity index (χ3v) is 4.28. The molecule has 0 N–H and O–H groups in total. The van der Waals surface area contributed by atoms with Gasteiger partial charge in [-0.2, -0.15) is 0 Å². The molecule has 0 aliphatic carbocycles. The monoisotopic (exact) mass is 366 g/mol. The number of non-ortho nitro benzene ring substituents is 1. The van der Waals surface area contributed by atoms with Crippen LogP contribution in [-0.4, -0.2) is 45.2 Å². The molecule has 10 heteroatoms. The fourth-order valence-electron chi connectivity index (χ4n) is 2.95. The van der Waals surface area contributed by atoms with E-state index in [0.717, 1.165) is 11.1 Å². The molecule has 1 aliphatic rings. The molecule has 3 aromatic rings. The number of fused-ring (bicyclic) bond motifs is 2. The van der Waals surface area contributed by atoms with Crippen LogP contribution in [0.2, 0.25) is 0 Å². The van der Waals surface area contributed by atoms with Crippen LogP contribution in [0.4, 0.5) is 5.69 Å². The van der Waals surface area contributed by atoms with Crippen LogP contribution in [0.1, 0.15) is 22.5 Å². The van der Waals surface area contributed by atoms with Gasteiger partial charge in [-0.3, -0.25) is 10.1 Å². The van der Waals surface area contributed by atoms with Gasteiger partial charge >= 0.3 is 0 Å². The van der Waals surface area contributed by atoms with Gasteiger partial charge in [-0.25, -0.2) is 0 Å². The summed E-state index contributed by atoms with van der Waals surface area (Å²) in [5, 5.41) is 27.1. The van der Waals surface area contributed by atoms with Crippen molar-refractivity contribution < 1.29 is 14.4 Å². The molecule has 0 radical (unpaired) electrons. The fourth-order valence-corrected chi connectivity index (χ4v) is 2.95. The standard InChI is InChI=1S/C17H14N6O4/c1-26-14-7-11-8-16-18-20-21-22(16)19-17(13(11)9-15(14)27-2)10-3-5-12(6-4-10)23(24)25/h3-7,9H,8H2,1-2H3. The maximum Gasteiger partial charge on any atom is 0.269 e. The molecule has 0 unspecified atom stereocenters. The first-order chi connectivity index (χ1) is 13.1. The second-order valence-corrected chi connectivity index (χ2v) is 5.78. The lowest BCUT2D eigenvalue weighted by atomic mass is 9.95. The van der Waals surface area contributed by atoms with Crippen molar-refractivity contribution in [2.45, 2.75) is 6.42 Å². The molecule has 2 heterocycles. The van der Waals surface area contributed by atoms with E-state index in [0.29, 0.717) is 35.0 Å². The van der Waals surface area contributed by atoms with Crippen molar-refractivity contribution in [3.63, 3.8) is 0 Å². The third-order valence-electron chi connectivity index (χ3n) is 4.28. The molecule has 27 heavy (non-hydrogen) atoms. The molecule has 2 aromatic carbocycles. The van der Waals surface area contributed by atoms with Crippen molar-refractivity contribution >= 4 is 11.4 Å². The number of hydrogen-bond acceptors (Lipinski definition) is 8. The minimum atomic E-state index is -0.444. The number of hydrogen-bond donors (Lipinski definition) is 0. The van der Waals surface area contributed by atoms with E-state index in [4.69, 9.17) is 9.47 Å². The van der Waals surface area contributed by atoms with Crippen LogP contribution in [0.15, 0.2) is 41.5 Å². The number of tetrazole rings is 1. The lowest BCUT2D eigenvalue weighted by Gasteiger charge is -2.14. The van der Waals surface area contributed by atoms with E-state index in [1.165, 1.54) is 16.9 Å². The smallest absolute Gasteiger partial charge is 0.269 e. The molecular formula is C17H14N6O4. The normalized spacial score (nSPS) is 12.4. The third kappa shape index (κ3) is 2.86. The summed E-state index contributed by atoms with van der Waals surface area (Å²) in [4.78, 5) is 11.9. The van der Waals surface area contributed by atoms with Crippen LogP contribution in [0.5, 0.6) is 11.5 Å². The molecule has 136 valence electrons. The number of nitro groups is 1. The van der Waals surface area contributed by atoms with Crippen molar-refractivity contribution in [2.24, 2.45) is 5.10 Å². The topological polar surface area (TPSA) is 118 Å². The predicted octanol–water partition coefficient (Wildman–Crippen LogP) is 1.80. The molecule has 1 aromatic heterocycles. The first kappa shape index (κ1) is 16.6. The largest absolute Gasteiger partial charge is 0.493 e. The number of ether oxygens (including phenoxy) is 2. The van der Waals surface area contributed by atoms with Crippen LogP contribution >= 0.6 is 0 Å². The zero-order valence-electron chi connectivity index (χ0n) is 14.5. The molecule has 0 saturated heterocycles. The number of methoxy groups -OCH3 is 2. The first-order valence-corrected chi connectivity index (χ1v) is 7.97. The van der Waals surface area contributed by atoms with Gasteiger partial charge in [0.1, 0.15) is 5.71 Å². The zero-order valence-corrected chi connectivity index (χ0v) is 14.5. The number of nitrogens with zero attached hydrogens (tertiary/aromatic N) is 6. The Balaban J connectivity index is 1.93. The zero-order chi connectivity index (χ0) is 19.0. The molecule has 4 rings (SSSR count). The highest BCUT2D eigenvalue weighted by Crippen LogP contribution is 2.34. The van der Waals surface area contributed by atoms with E-state index >= 15 is 0 Å². The Kier molecular flexibility index (Phi) is 3.99. The average molecular weight is 366 g/mol. The summed E-state index contributed by atoms with van der Waals surface area (Å²) in [6, 6.07) is 9.85. The van der Waals surface area contributed by atoms with Gasteiger partial charge in [0.25, 0.3) is 5.69 Å². The summed E-state index contributed by atoms with van der Waals surface area (Å²) >= 11 is 0. The van der Waals surface area contributed by atoms with Crippen molar-refractivity contribution in [1.29, 1.82) is 0 Å². The van der Waals surface area contributed by atoms with E-state index in [-0.39, 0.29) is 5.69 Å². The van der Waals surface area contributed by atoms with Crippen LogP contribution in [-0.2, 0) is 6.42 Å². The fraction of sp³-hybridized carbons (Fsp3) is 0.176. The quantitative estimate of drug-likeness (QED) is 0.399. The molecular weight excluding hydrogens is 352 g/mol. The highest BCUT2D eigenvalue weighted by atomic mass is 16.6. The van der Waals surface area contributed by atoms with Gasteiger partial charge in [0, 0.05) is 29.7 Å². The maximum atomic E-state index is 10.9. The van der Waals surface area contributed by atoms with Gasteiger partial charge in [0.05, 0.1) is 19.1 Å². The lowest BCUT2D eigenvalue weighted by Crippen LogP contribution is -2.08. The maximum absolute atomic E-state index is 10.9. The van der Waals surface area contributed by atoms with E-state index < -0.39 is 4.92 Å². The summed E-state index contributed by atoms with van der Waals surface area (Å²) < 4.78 is 10.8. The van der Waals surface area contributed by atoms with Crippen LogP contribution in [0.25, 0.3) is 0 Å². The molecule has 0 amide bonds. The van der Waals surface area contributed by atoms with Crippen LogP contribution in [0, 0.1) is 10.1 Å². The van der Waals surface area contributed by atoms with E-state index in [1.54, 1.807) is 26.4 Å². The van der Waals surface area contributed by atoms with Gasteiger partial charge < -0.3 is 9.47 Å². The Bertz CT molecular complexity index is 1060. The number of nitro benzene ring substituents is 1. The average Bonchev–Trinajstić information content (AvgIpc) is 3.06. The number of rotatable bonds is 4. The summed E-state index contributed by atoms with van der Waals surface area (Å²) in [6.45, 7) is 0. The van der Waals surface area contributed by atoms with E-state index in [9.17, 15) is 10.1 Å². The molecule has 0 atom stereocenters. The molecule has 0 saturated carbocycles. The molecule has 0 bridgehead atoms. The lowest BCUT2D eigenvalue weighted by molar-refractivity contribution is -0.384. The van der Waals surface area contributed by atoms with Gasteiger partial charge in [0.2, 0.25) is 0 Å². The van der Waals surface area contributed by atoms with E-state index in [1.807, 2.05) is 12.1 Å². The van der Waals surface area contributed by atoms with E-state index in [2.05, 4.69) is 20.6 Å². The first-order valence-electron chi connectivity index (χ1n) is 7.97. The highest BCUT2D eigenvalue weighted by molar-refractivity contribution is 6.14. The minimum Gasteiger partial charge on any atom is -0.493 e. The second kappa shape index (κ2) is 6.48. The highest BCUT2D eigenvalue weighted by Gasteiger charge is 2.23. The number of benzene rings is 2. The van der Waals surface area contributed by atoms with Crippen molar-refractivity contribution in [3.8, 4) is 11.5 Å². The van der Waals surface area contributed by atoms with Crippen LogP contribution < -0.4 is 9.47 Å². The van der Waals surface area contributed by atoms with Crippen molar-refractivity contribution in [2.75, 3.05) is 14.2 Å². The Labute approximate surface area is 153 Å². The Hall–Kier alpha value is -3.82. The van der Waals surface area contributed by atoms with Gasteiger partial charge in [-0.1, -0.05) is 0 Å². The summed E-state index contributed by atoms with van der Waals surface area (Å²) in [5.74, 6) is 1.71. The van der Waals surface area contributed by atoms with Gasteiger partial charge in [-0.05, 0) is 40.3 Å². The Morgan fingerprint density at radius 2 is 1.81 bits per heavy atom.